The first-order valence-corrected chi connectivity index (χ1v) is 21.2. The first kappa shape index (κ1) is 40.4. The lowest BCUT2D eigenvalue weighted by Crippen LogP contribution is -2.60. The maximum absolute atomic E-state index is 15.0. The quantitative estimate of drug-likeness (QED) is 0.129. The van der Waals surface area contributed by atoms with Crippen molar-refractivity contribution in [2.45, 2.75) is 87.5 Å². The highest BCUT2D eigenvalue weighted by Gasteiger charge is 2.66. The molecule has 16 heteroatoms. The van der Waals surface area contributed by atoms with E-state index in [2.05, 4.69) is 5.32 Å². The van der Waals surface area contributed by atoms with Crippen LogP contribution in [-0.2, 0) is 42.5 Å². The number of benzene rings is 3. The van der Waals surface area contributed by atoms with Crippen LogP contribution >= 0.6 is 0 Å². The number of fused-ring (bicyclic) bond motifs is 2. The van der Waals surface area contributed by atoms with Crippen LogP contribution < -0.4 is 15.0 Å². The monoisotopic (exact) mass is 779 g/mol. The summed E-state index contributed by atoms with van der Waals surface area (Å²) in [5.41, 5.74) is 0.703. The van der Waals surface area contributed by atoms with E-state index in [0.29, 0.717) is 22.6 Å². The molecule has 0 saturated carbocycles. The van der Waals surface area contributed by atoms with Gasteiger partial charge in [-0.15, -0.1) is 0 Å². The Labute approximate surface area is 319 Å². The van der Waals surface area contributed by atoms with Crippen molar-refractivity contribution in [3.8, 4) is 5.75 Å². The van der Waals surface area contributed by atoms with Gasteiger partial charge in [-0.3, -0.25) is 14.4 Å². The van der Waals surface area contributed by atoms with Crippen LogP contribution in [0.4, 0.5) is 11.4 Å². The lowest BCUT2D eigenvalue weighted by atomic mass is 9.82. The molecule has 296 valence electrons. The fourth-order valence-corrected chi connectivity index (χ4v) is 10.8. The lowest BCUT2D eigenvalue weighted by Gasteiger charge is -2.37. The molecular weight excluding hydrogens is 731 g/mol. The Kier molecular flexibility index (Phi) is 11.8. The molecule has 3 heterocycles. The fraction of sp³-hybridized carbons (Fsp3) is 0.462. The third-order valence-corrected chi connectivity index (χ3v) is 13.4. The van der Waals surface area contributed by atoms with Crippen molar-refractivity contribution >= 4 is 37.4 Å². The lowest BCUT2D eigenvalue weighted by molar-refractivity contribution is -0.274. The van der Waals surface area contributed by atoms with Crippen LogP contribution in [0.1, 0.15) is 30.0 Å². The largest absolute Gasteiger partial charge is 0.497 e. The van der Waals surface area contributed by atoms with Gasteiger partial charge in [-0.25, -0.2) is 0 Å². The van der Waals surface area contributed by atoms with E-state index in [-0.39, 0.29) is 44.3 Å². The molecule has 6 rings (SSSR count). The maximum Gasteiger partial charge on any atom is 0.264 e. The number of hydrogen-bond donors (Lipinski definition) is 7. The minimum absolute atomic E-state index is 0.0292. The Morgan fingerprint density at radius 1 is 0.964 bits per heavy atom. The summed E-state index contributed by atoms with van der Waals surface area (Å²) in [6.45, 7) is 5.56. The van der Waals surface area contributed by atoms with Crippen LogP contribution in [0.15, 0.2) is 72.8 Å². The molecule has 3 aromatic rings. The maximum atomic E-state index is 15.0. The van der Waals surface area contributed by atoms with Gasteiger partial charge in [-0.1, -0.05) is 49.4 Å². The smallest absolute Gasteiger partial charge is 0.264 e. The summed E-state index contributed by atoms with van der Waals surface area (Å²) in [6.07, 6.45) is -9.94. The molecule has 2 saturated heterocycles. The molecule has 3 amide bonds. The van der Waals surface area contributed by atoms with Gasteiger partial charge in [0.25, 0.3) is 11.8 Å². The van der Waals surface area contributed by atoms with E-state index in [4.69, 9.17) is 14.2 Å². The number of aliphatic hydroxyl groups is 5. The van der Waals surface area contributed by atoms with Crippen LogP contribution in [0, 0.1) is 5.92 Å². The number of amides is 3. The van der Waals surface area contributed by atoms with Crippen molar-refractivity contribution in [2.75, 3.05) is 30.5 Å². The van der Waals surface area contributed by atoms with E-state index in [1.165, 1.54) is 7.11 Å². The van der Waals surface area contributed by atoms with Crippen LogP contribution in [0.2, 0.25) is 18.6 Å². The summed E-state index contributed by atoms with van der Waals surface area (Å²) in [5.74, 6) is -1.64. The van der Waals surface area contributed by atoms with E-state index in [9.17, 15) is 44.7 Å². The third kappa shape index (κ3) is 7.79. The molecule has 7 N–H and O–H groups in total. The van der Waals surface area contributed by atoms with E-state index < -0.39 is 74.0 Å². The molecule has 0 aliphatic carbocycles. The highest BCUT2D eigenvalue weighted by molar-refractivity contribution is 6.71. The van der Waals surface area contributed by atoms with Crippen LogP contribution in [0.25, 0.3) is 0 Å². The Morgan fingerprint density at radius 2 is 1.67 bits per heavy atom. The first-order valence-electron chi connectivity index (χ1n) is 18.2. The summed E-state index contributed by atoms with van der Waals surface area (Å²) < 4.78 is 17.5. The third-order valence-electron chi connectivity index (χ3n) is 10.9. The summed E-state index contributed by atoms with van der Waals surface area (Å²) in [6, 6.07) is 21.2. The van der Waals surface area contributed by atoms with E-state index in [0.717, 1.165) is 5.56 Å². The van der Waals surface area contributed by atoms with Crippen LogP contribution in [-0.4, -0.2) is 118 Å². The summed E-state index contributed by atoms with van der Waals surface area (Å²) in [4.78, 5) is 56.8. The van der Waals surface area contributed by atoms with Crippen LogP contribution in [0.5, 0.6) is 5.75 Å². The summed E-state index contributed by atoms with van der Waals surface area (Å²) in [7, 11) is -1.61. The molecule has 3 aliphatic rings. The Balaban J connectivity index is 1.29. The molecule has 3 aromatic carbocycles. The van der Waals surface area contributed by atoms with E-state index in [1.807, 2.05) is 37.3 Å². The van der Waals surface area contributed by atoms with Gasteiger partial charge >= 0.3 is 0 Å². The van der Waals surface area contributed by atoms with Gasteiger partial charge < -0.3 is 59.7 Å². The SMILES string of the molecule is COc1ccc2c(c1)[C@]1(O[C@@H](CC(=O)N(CCO)Cc3ccccc3)[C@H]([Si](C)(C)O)[C@H]1C)C(=O)N2Cc1cccc(NC(=O)[C@H]2O[C@@H](O)[C@H](O)[C@@H](O)[C@@H]2O)c1. The van der Waals surface area contributed by atoms with Crippen molar-refractivity contribution in [3.05, 3.63) is 89.5 Å². The van der Waals surface area contributed by atoms with Crippen molar-refractivity contribution < 1.29 is 58.9 Å². The molecule has 2 fully saturated rings. The zero-order chi connectivity index (χ0) is 39.8. The van der Waals surface area contributed by atoms with Crippen molar-refractivity contribution in [1.29, 1.82) is 0 Å². The molecule has 3 aliphatic heterocycles. The minimum Gasteiger partial charge on any atom is -0.497 e. The summed E-state index contributed by atoms with van der Waals surface area (Å²) in [5, 5.41) is 52.5. The standard InChI is InChI=1S/C39H49N3O12Si/c1-22-35(55(3,4)51)29(19-30(44)41(15-16-43)20-23-9-6-5-7-10-23)54-39(22)27-18-26(52-2)13-14-28(27)42(38(39)50)21-24-11-8-12-25(17-24)40-36(48)34-32(46)31(45)33(47)37(49)53-34/h5-14,17-18,22,29,31-35,37,43,45-47,49,51H,15-16,19-21H2,1-4H3,(H,40,48)/t22-,29+,31+,32+,33-,34+,35-,37-,39+/m1/s1. The van der Waals surface area contributed by atoms with Gasteiger partial charge in [0.2, 0.25) is 5.91 Å². The first-order chi connectivity index (χ1) is 26.1. The van der Waals surface area contributed by atoms with Crippen molar-refractivity contribution in [1.82, 2.24) is 4.90 Å². The number of nitrogens with one attached hydrogen (secondary N) is 1. The fourth-order valence-electron chi connectivity index (χ4n) is 8.28. The topological polar surface area (TPSA) is 219 Å². The second-order valence-corrected chi connectivity index (χ2v) is 18.9. The van der Waals surface area contributed by atoms with E-state index in [1.54, 1.807) is 65.4 Å². The zero-order valence-electron chi connectivity index (χ0n) is 31.1. The number of anilines is 2. The highest BCUT2D eigenvalue weighted by atomic mass is 28.4. The number of carbonyl (C=O) groups excluding carboxylic acids is 3. The van der Waals surface area contributed by atoms with Gasteiger partial charge in [-0.2, -0.15) is 0 Å². The van der Waals surface area contributed by atoms with Crippen molar-refractivity contribution in [3.63, 3.8) is 0 Å². The zero-order valence-corrected chi connectivity index (χ0v) is 32.1. The molecule has 1 spiro atoms. The molecule has 15 nitrogen and oxygen atoms in total. The number of rotatable bonds is 12. The van der Waals surface area contributed by atoms with Gasteiger partial charge in [0.05, 0.1) is 38.5 Å². The van der Waals surface area contributed by atoms with Crippen molar-refractivity contribution in [2.24, 2.45) is 5.92 Å². The number of nitrogens with zero attached hydrogens (tertiary/aromatic N) is 2. The Bertz CT molecular complexity index is 1880. The predicted molar refractivity (Wildman–Crippen MR) is 201 cm³/mol. The van der Waals surface area contributed by atoms with Crippen LogP contribution in [0.3, 0.4) is 0 Å². The predicted octanol–water partition coefficient (Wildman–Crippen LogP) is 1.19. The van der Waals surface area contributed by atoms with Gasteiger partial charge in [0.15, 0.2) is 26.3 Å². The van der Waals surface area contributed by atoms with E-state index >= 15 is 0 Å². The second-order valence-electron chi connectivity index (χ2n) is 15.0. The molecule has 0 bridgehead atoms. The van der Waals surface area contributed by atoms with Gasteiger partial charge in [-0.05, 0) is 54.6 Å². The van der Waals surface area contributed by atoms with Gasteiger partial charge in [0.1, 0.15) is 24.1 Å². The molecule has 9 atom stereocenters. The Hall–Kier alpha value is -4.23. The highest BCUT2D eigenvalue weighted by Crippen LogP contribution is 2.60. The average Bonchev–Trinajstić information content (AvgIpc) is 3.58. The molecule has 0 unspecified atom stereocenters. The second kappa shape index (κ2) is 16.1. The molecule has 0 aromatic heterocycles. The normalized spacial score (nSPS) is 29.0. The number of carbonyl (C=O) groups is 3. The Morgan fingerprint density at radius 3 is 2.35 bits per heavy atom. The number of methoxy groups -OCH3 is 1. The average molecular weight is 780 g/mol. The van der Waals surface area contributed by atoms with Gasteiger partial charge in [0, 0.05) is 35.8 Å². The minimum atomic E-state index is -3.12. The summed E-state index contributed by atoms with van der Waals surface area (Å²) >= 11 is 0. The number of aliphatic hydroxyl groups excluding tert-OH is 5. The number of hydrogen-bond acceptors (Lipinski definition) is 12. The molecule has 55 heavy (non-hydrogen) atoms. The number of ether oxygens (including phenoxy) is 3. The molecule has 0 radical (unpaired) electrons. The molecular formula is C39H49N3O12Si.